The molecule has 1 fully saturated rings. The van der Waals surface area contributed by atoms with Crippen LogP contribution in [0.5, 0.6) is 0 Å². The van der Waals surface area contributed by atoms with Gasteiger partial charge in [0.2, 0.25) is 0 Å². The fraction of sp³-hybridized carbons (Fsp3) is 1.00. The van der Waals surface area contributed by atoms with E-state index in [9.17, 15) is 15.3 Å². The fourth-order valence-corrected chi connectivity index (χ4v) is 5.13. The highest BCUT2D eigenvalue weighted by atomic mass is 16.7. The fourth-order valence-electron chi connectivity index (χ4n) is 5.13. The van der Waals surface area contributed by atoms with E-state index in [2.05, 4.69) is 21.0 Å². The Labute approximate surface area is 220 Å². The maximum atomic E-state index is 10.4. The molecule has 0 aliphatic carbocycles. The van der Waals surface area contributed by atoms with Gasteiger partial charge >= 0.3 is 0 Å². The Morgan fingerprint density at radius 2 is 1.42 bits per heavy atom. The van der Waals surface area contributed by atoms with E-state index in [0.29, 0.717) is 26.2 Å². The molecule has 1 saturated heterocycles. The van der Waals surface area contributed by atoms with E-state index < -0.39 is 24.6 Å². The van der Waals surface area contributed by atoms with Crippen LogP contribution in [0, 0.1) is 5.92 Å². The molecule has 8 nitrogen and oxygen atoms in total. The summed E-state index contributed by atoms with van der Waals surface area (Å²) in [5, 5.41) is 30.8. The Morgan fingerprint density at radius 3 is 2.00 bits per heavy atom. The molecule has 6 atom stereocenters. The number of aliphatic hydroxyl groups excluding tert-OH is 3. The number of hydrogen-bond donors (Lipinski definition) is 3. The zero-order chi connectivity index (χ0) is 26.8. The summed E-state index contributed by atoms with van der Waals surface area (Å²) in [6.07, 6.45) is 10.3. The average molecular weight is 521 g/mol. The van der Waals surface area contributed by atoms with Gasteiger partial charge in [-0.3, -0.25) is 0 Å². The second-order valence-corrected chi connectivity index (χ2v) is 11.2. The van der Waals surface area contributed by atoms with Gasteiger partial charge in [-0.15, -0.1) is 0 Å². The molecule has 1 aliphatic heterocycles. The van der Waals surface area contributed by atoms with Crippen LogP contribution >= 0.6 is 0 Å². The average Bonchev–Trinajstić information content (AvgIpc) is 2.84. The minimum Gasteiger partial charge on any atom is -0.390 e. The Balaban J connectivity index is 2.09. The van der Waals surface area contributed by atoms with Crippen LogP contribution in [0.25, 0.3) is 0 Å². The van der Waals surface area contributed by atoms with Crippen LogP contribution in [0.2, 0.25) is 0 Å². The van der Waals surface area contributed by atoms with Gasteiger partial charge in [0.25, 0.3) is 0 Å². The normalized spacial score (nSPS) is 25.8. The third kappa shape index (κ3) is 14.0. The maximum Gasteiger partial charge on any atom is 0.186 e. The summed E-state index contributed by atoms with van der Waals surface area (Å²) in [6, 6.07) is 0. The molecule has 216 valence electrons. The second-order valence-electron chi connectivity index (χ2n) is 11.2. The summed E-state index contributed by atoms with van der Waals surface area (Å²) < 4.78 is 23.0. The van der Waals surface area contributed by atoms with Crippen molar-refractivity contribution in [2.24, 2.45) is 5.92 Å². The molecule has 1 heterocycles. The van der Waals surface area contributed by atoms with E-state index in [-0.39, 0.29) is 25.2 Å². The Hall–Kier alpha value is -0.320. The molecule has 0 spiro atoms. The number of unbranched alkanes of at least 4 members (excludes halogenated alkanes) is 9. The predicted molar refractivity (Wildman–Crippen MR) is 143 cm³/mol. The Kier molecular flexibility index (Phi) is 18.5. The van der Waals surface area contributed by atoms with Crippen molar-refractivity contribution in [2.75, 3.05) is 60.7 Å². The van der Waals surface area contributed by atoms with Gasteiger partial charge in [0.05, 0.1) is 59.3 Å². The molecule has 0 aromatic heterocycles. The third-order valence-electron chi connectivity index (χ3n) is 7.34. The number of rotatable bonds is 22. The lowest BCUT2D eigenvalue weighted by Gasteiger charge is -2.41. The van der Waals surface area contributed by atoms with Crippen LogP contribution < -0.4 is 0 Å². The molecule has 0 aromatic rings. The zero-order valence-electron chi connectivity index (χ0n) is 23.9. The van der Waals surface area contributed by atoms with Crippen molar-refractivity contribution in [3.63, 3.8) is 0 Å². The Morgan fingerprint density at radius 1 is 0.833 bits per heavy atom. The third-order valence-corrected chi connectivity index (χ3v) is 7.34. The van der Waals surface area contributed by atoms with E-state index in [4.69, 9.17) is 18.9 Å². The van der Waals surface area contributed by atoms with Crippen LogP contribution in [-0.4, -0.2) is 111 Å². The van der Waals surface area contributed by atoms with E-state index in [1.807, 2.05) is 6.92 Å². The zero-order valence-corrected chi connectivity index (χ0v) is 23.9. The smallest absolute Gasteiger partial charge is 0.186 e. The standard InChI is InChI=1S/C28H58NO7/c1-6-8-9-10-11-12-13-14-15-16-17-29(3,4)20-23(30)21-34-18-19-35-22-25-24(7-2)26(31)27(32)28(33-5)36-25/h23-28,30-32H,6-22H2,1-5H3/q+1/t23?,24-,25?,26+,27-,28+/m0/s1. The SMILES string of the molecule is CCCCCCCCCCCC[N+](C)(C)CC(O)COCCOCC1O[C@@H](OC)[C@@H](O)[C@H](O)[C@H]1CC. The quantitative estimate of drug-likeness (QED) is 0.148. The molecule has 3 N–H and O–H groups in total. The lowest BCUT2D eigenvalue weighted by molar-refractivity contribution is -0.893. The van der Waals surface area contributed by atoms with Crippen molar-refractivity contribution in [3.8, 4) is 0 Å². The topological polar surface area (TPSA) is 97.6 Å². The number of aliphatic hydroxyl groups is 3. The molecule has 0 bridgehead atoms. The number of quaternary nitrogens is 1. The van der Waals surface area contributed by atoms with Crippen LogP contribution in [-0.2, 0) is 18.9 Å². The van der Waals surface area contributed by atoms with Crippen LogP contribution in [0.4, 0.5) is 0 Å². The molecule has 36 heavy (non-hydrogen) atoms. The maximum absolute atomic E-state index is 10.4. The molecular formula is C28H58NO7+. The first-order valence-corrected chi connectivity index (χ1v) is 14.5. The number of methoxy groups -OCH3 is 1. The molecule has 1 rings (SSSR count). The summed E-state index contributed by atoms with van der Waals surface area (Å²) in [7, 11) is 5.79. The molecule has 0 aromatic carbocycles. The summed E-state index contributed by atoms with van der Waals surface area (Å²) in [6.45, 7) is 7.28. The largest absolute Gasteiger partial charge is 0.390 e. The van der Waals surface area contributed by atoms with Crippen molar-refractivity contribution < 1.29 is 38.8 Å². The molecule has 8 heteroatoms. The van der Waals surface area contributed by atoms with Gasteiger partial charge in [-0.1, -0.05) is 65.2 Å². The number of ether oxygens (including phenoxy) is 4. The van der Waals surface area contributed by atoms with E-state index in [0.717, 1.165) is 11.0 Å². The van der Waals surface area contributed by atoms with Crippen LogP contribution in [0.1, 0.15) is 84.5 Å². The summed E-state index contributed by atoms with van der Waals surface area (Å²) in [5.41, 5.74) is 0. The lowest BCUT2D eigenvalue weighted by atomic mass is 9.87. The van der Waals surface area contributed by atoms with Crippen molar-refractivity contribution >= 4 is 0 Å². The van der Waals surface area contributed by atoms with Gasteiger partial charge in [0.1, 0.15) is 18.8 Å². The molecular weight excluding hydrogens is 462 g/mol. The molecule has 0 radical (unpaired) electrons. The minimum atomic E-state index is -1.06. The second kappa shape index (κ2) is 19.7. The van der Waals surface area contributed by atoms with Gasteiger partial charge in [0, 0.05) is 13.0 Å². The van der Waals surface area contributed by atoms with E-state index in [1.165, 1.54) is 71.3 Å². The highest BCUT2D eigenvalue weighted by Crippen LogP contribution is 2.29. The van der Waals surface area contributed by atoms with Crippen molar-refractivity contribution in [1.29, 1.82) is 0 Å². The highest BCUT2D eigenvalue weighted by molar-refractivity contribution is 4.88. The number of hydrogen-bond acceptors (Lipinski definition) is 7. The predicted octanol–water partition coefficient (Wildman–Crippen LogP) is 3.50. The van der Waals surface area contributed by atoms with E-state index >= 15 is 0 Å². The van der Waals surface area contributed by atoms with Gasteiger partial charge in [-0.25, -0.2) is 0 Å². The first-order valence-electron chi connectivity index (χ1n) is 14.5. The van der Waals surface area contributed by atoms with E-state index in [1.54, 1.807) is 0 Å². The van der Waals surface area contributed by atoms with Crippen LogP contribution in [0.15, 0.2) is 0 Å². The van der Waals surface area contributed by atoms with Gasteiger partial charge in [-0.2, -0.15) is 0 Å². The number of likely N-dealkylation sites (N-methyl/N-ethyl adjacent to an activating group) is 1. The summed E-state index contributed by atoms with van der Waals surface area (Å²) >= 11 is 0. The van der Waals surface area contributed by atoms with Crippen LogP contribution in [0.3, 0.4) is 0 Å². The van der Waals surface area contributed by atoms with Gasteiger partial charge in [0.15, 0.2) is 6.29 Å². The highest BCUT2D eigenvalue weighted by Gasteiger charge is 2.43. The molecule has 2 unspecified atom stereocenters. The summed E-state index contributed by atoms with van der Waals surface area (Å²) in [4.78, 5) is 0. The molecule has 0 saturated carbocycles. The minimum absolute atomic E-state index is 0.218. The first-order chi connectivity index (χ1) is 17.3. The van der Waals surface area contributed by atoms with Gasteiger partial charge in [-0.05, 0) is 19.3 Å². The summed E-state index contributed by atoms with van der Waals surface area (Å²) in [5.74, 6) is -0.218. The molecule has 1 aliphatic rings. The lowest BCUT2D eigenvalue weighted by Crippen LogP contribution is -2.56. The Bertz CT molecular complexity index is 522. The van der Waals surface area contributed by atoms with Crippen molar-refractivity contribution in [2.45, 2.75) is 115 Å². The number of nitrogens with zero attached hydrogens (tertiary/aromatic N) is 1. The molecule has 0 amide bonds. The monoisotopic (exact) mass is 520 g/mol. The van der Waals surface area contributed by atoms with Gasteiger partial charge < -0.3 is 38.8 Å². The van der Waals surface area contributed by atoms with Crippen molar-refractivity contribution in [3.05, 3.63) is 0 Å². The van der Waals surface area contributed by atoms with Crippen molar-refractivity contribution in [1.82, 2.24) is 0 Å². The first kappa shape index (κ1) is 33.7.